The Labute approximate surface area is 183 Å². The predicted octanol–water partition coefficient (Wildman–Crippen LogP) is 8.64. The van der Waals surface area contributed by atoms with E-state index in [9.17, 15) is 4.79 Å². The van der Waals surface area contributed by atoms with Crippen molar-refractivity contribution in [3.05, 3.63) is 0 Å². The first-order valence-corrected chi connectivity index (χ1v) is 13.1. The number of hydrogen-bond acceptors (Lipinski definition) is 2. The van der Waals surface area contributed by atoms with Gasteiger partial charge in [0.05, 0.1) is 0 Å². The van der Waals surface area contributed by atoms with Crippen LogP contribution in [0.1, 0.15) is 156 Å². The van der Waals surface area contributed by atoms with E-state index in [4.69, 9.17) is 10.8 Å². The van der Waals surface area contributed by atoms with E-state index in [0.717, 1.165) is 12.8 Å². The molecule has 3 heteroatoms. The molecule has 0 amide bonds. The Hall–Kier alpha value is -0.570. The van der Waals surface area contributed by atoms with Gasteiger partial charge in [0.1, 0.15) is 0 Å². The van der Waals surface area contributed by atoms with Crippen molar-refractivity contribution in [2.24, 2.45) is 5.73 Å². The van der Waals surface area contributed by atoms with Crippen molar-refractivity contribution < 1.29 is 9.90 Å². The molecule has 0 aliphatic rings. The van der Waals surface area contributed by atoms with Crippen LogP contribution in [0.4, 0.5) is 0 Å². The maximum absolute atomic E-state index is 10.3. The molecule has 29 heavy (non-hydrogen) atoms. The lowest BCUT2D eigenvalue weighted by Gasteiger charge is -2.07. The second-order valence-corrected chi connectivity index (χ2v) is 8.78. The first-order valence-electron chi connectivity index (χ1n) is 13.1. The number of carboxylic acid groups (broad SMARTS) is 1. The molecule has 0 saturated carbocycles. The number of aliphatic carboxylic acids is 1. The highest BCUT2D eigenvalue weighted by Crippen LogP contribution is 2.13. The van der Waals surface area contributed by atoms with Crippen molar-refractivity contribution >= 4 is 5.97 Å². The lowest BCUT2D eigenvalue weighted by Crippen LogP contribution is -2.18. The summed E-state index contributed by atoms with van der Waals surface area (Å²) < 4.78 is 0. The van der Waals surface area contributed by atoms with Gasteiger partial charge in [-0.15, -0.1) is 0 Å². The molecule has 0 saturated heterocycles. The van der Waals surface area contributed by atoms with Crippen LogP contribution in [-0.2, 0) is 4.79 Å². The van der Waals surface area contributed by atoms with Crippen LogP contribution in [0.2, 0.25) is 0 Å². The van der Waals surface area contributed by atoms with E-state index in [1.54, 1.807) is 0 Å². The monoisotopic (exact) mass is 413 g/mol. The largest absolute Gasteiger partial charge is 0.481 e. The highest BCUT2D eigenvalue weighted by molar-refractivity contribution is 5.66. The number of carboxylic acids is 1. The van der Waals surface area contributed by atoms with Crippen LogP contribution in [-0.4, -0.2) is 17.1 Å². The van der Waals surface area contributed by atoms with Crippen LogP contribution < -0.4 is 5.73 Å². The van der Waals surface area contributed by atoms with E-state index in [2.05, 4.69) is 20.8 Å². The molecule has 0 heterocycles. The number of rotatable bonds is 21. The number of hydrogen-bond donors (Lipinski definition) is 2. The zero-order valence-electron chi connectivity index (χ0n) is 20.4. The molecule has 0 fully saturated rings. The van der Waals surface area contributed by atoms with Gasteiger partial charge in [-0.1, -0.05) is 130 Å². The standard InChI is InChI=1S/C18H36O2.C8H19N/c1-2-3-4-5-6-7-8-9-10-11-12-13-14-15-16-17-18(19)20;1-3-5-7-8(9)6-4-2/h2-17H2,1H3,(H,19,20);8H,3-7,9H2,1-2H3. The Morgan fingerprint density at radius 2 is 0.966 bits per heavy atom. The van der Waals surface area contributed by atoms with Crippen LogP contribution in [0.3, 0.4) is 0 Å². The molecule has 0 aliphatic heterocycles. The molecule has 0 spiro atoms. The van der Waals surface area contributed by atoms with Gasteiger partial charge >= 0.3 is 5.97 Å². The fraction of sp³-hybridized carbons (Fsp3) is 0.962. The van der Waals surface area contributed by atoms with Gasteiger partial charge < -0.3 is 10.8 Å². The first-order chi connectivity index (χ1) is 14.1. The third kappa shape index (κ3) is 32.3. The lowest BCUT2D eigenvalue weighted by atomic mass is 10.0. The number of nitrogens with two attached hydrogens (primary N) is 1. The highest BCUT2D eigenvalue weighted by atomic mass is 16.4. The molecule has 3 N–H and O–H groups in total. The summed E-state index contributed by atoms with van der Waals surface area (Å²) in [5, 5.41) is 8.52. The Morgan fingerprint density at radius 3 is 1.31 bits per heavy atom. The summed E-state index contributed by atoms with van der Waals surface area (Å²) in [4.78, 5) is 10.3. The minimum absolute atomic E-state index is 0.345. The molecule has 3 nitrogen and oxygen atoms in total. The zero-order valence-corrected chi connectivity index (χ0v) is 20.4. The SMILES string of the molecule is CCCCC(N)CCC.CCCCCCCCCCCCCCCCCC(=O)O. The Kier molecular flexibility index (Phi) is 29.0. The molecule has 0 rings (SSSR count). The molecular weight excluding hydrogens is 358 g/mol. The Balaban J connectivity index is 0. The molecule has 0 aromatic rings. The third-order valence-electron chi connectivity index (χ3n) is 5.58. The summed E-state index contributed by atoms with van der Waals surface area (Å²) in [6.45, 7) is 6.66. The van der Waals surface area contributed by atoms with Gasteiger partial charge in [-0.2, -0.15) is 0 Å². The molecular formula is C26H55NO2. The van der Waals surface area contributed by atoms with Crippen LogP contribution in [0.15, 0.2) is 0 Å². The summed E-state index contributed by atoms with van der Waals surface area (Å²) in [7, 11) is 0. The fourth-order valence-electron chi connectivity index (χ4n) is 3.63. The van der Waals surface area contributed by atoms with E-state index in [1.165, 1.54) is 116 Å². The van der Waals surface area contributed by atoms with Gasteiger partial charge in [-0.3, -0.25) is 4.79 Å². The number of carbonyl (C=O) groups is 1. The minimum Gasteiger partial charge on any atom is -0.481 e. The molecule has 0 aromatic carbocycles. The van der Waals surface area contributed by atoms with Crippen molar-refractivity contribution in [2.45, 2.75) is 162 Å². The molecule has 1 atom stereocenters. The van der Waals surface area contributed by atoms with E-state index in [-0.39, 0.29) is 0 Å². The maximum atomic E-state index is 10.3. The normalized spacial score (nSPS) is 11.7. The number of unbranched alkanes of at least 4 members (excludes halogenated alkanes) is 15. The van der Waals surface area contributed by atoms with Crippen molar-refractivity contribution in [3.8, 4) is 0 Å². The van der Waals surface area contributed by atoms with Gasteiger partial charge in [0.2, 0.25) is 0 Å². The third-order valence-corrected chi connectivity index (χ3v) is 5.58. The van der Waals surface area contributed by atoms with E-state index in [1.807, 2.05) is 0 Å². The van der Waals surface area contributed by atoms with Crippen molar-refractivity contribution in [1.29, 1.82) is 0 Å². The maximum Gasteiger partial charge on any atom is 0.303 e. The topological polar surface area (TPSA) is 63.3 Å². The zero-order chi connectivity index (χ0) is 22.0. The van der Waals surface area contributed by atoms with Crippen LogP contribution in [0.5, 0.6) is 0 Å². The second kappa shape index (κ2) is 27.4. The molecule has 0 radical (unpaired) electrons. The minimum atomic E-state index is -0.653. The predicted molar refractivity (Wildman–Crippen MR) is 130 cm³/mol. The first kappa shape index (κ1) is 30.6. The van der Waals surface area contributed by atoms with E-state index >= 15 is 0 Å². The lowest BCUT2D eigenvalue weighted by molar-refractivity contribution is -0.137. The summed E-state index contributed by atoms with van der Waals surface area (Å²) >= 11 is 0. The molecule has 0 aliphatic carbocycles. The van der Waals surface area contributed by atoms with Gasteiger partial charge in [0.15, 0.2) is 0 Å². The average Bonchev–Trinajstić information content (AvgIpc) is 2.70. The second-order valence-electron chi connectivity index (χ2n) is 8.78. The quantitative estimate of drug-likeness (QED) is 0.185. The average molecular weight is 414 g/mol. The van der Waals surface area contributed by atoms with Crippen molar-refractivity contribution in [2.75, 3.05) is 0 Å². The van der Waals surface area contributed by atoms with Gasteiger partial charge in [-0.05, 0) is 19.3 Å². The molecule has 0 bridgehead atoms. The van der Waals surface area contributed by atoms with Crippen LogP contribution >= 0.6 is 0 Å². The smallest absolute Gasteiger partial charge is 0.303 e. The summed E-state index contributed by atoms with van der Waals surface area (Å²) in [6.07, 6.45) is 26.4. The molecule has 1 unspecified atom stereocenters. The van der Waals surface area contributed by atoms with E-state index in [0.29, 0.717) is 12.5 Å². The van der Waals surface area contributed by atoms with Gasteiger partial charge in [-0.25, -0.2) is 0 Å². The molecule has 0 aromatic heterocycles. The van der Waals surface area contributed by atoms with Gasteiger partial charge in [0.25, 0.3) is 0 Å². The fourth-order valence-corrected chi connectivity index (χ4v) is 3.63. The highest BCUT2D eigenvalue weighted by Gasteiger charge is 1.98. The van der Waals surface area contributed by atoms with E-state index < -0.39 is 5.97 Å². The van der Waals surface area contributed by atoms with Crippen LogP contribution in [0, 0.1) is 0 Å². The summed E-state index contributed by atoms with van der Waals surface area (Å²) in [6, 6.07) is 0.468. The van der Waals surface area contributed by atoms with Crippen molar-refractivity contribution in [3.63, 3.8) is 0 Å². The summed E-state index contributed by atoms with van der Waals surface area (Å²) in [5.74, 6) is -0.653. The van der Waals surface area contributed by atoms with Gasteiger partial charge in [0, 0.05) is 12.5 Å². The summed E-state index contributed by atoms with van der Waals surface area (Å²) in [5.41, 5.74) is 5.77. The van der Waals surface area contributed by atoms with Crippen molar-refractivity contribution in [1.82, 2.24) is 0 Å². The molecule has 176 valence electrons. The Bertz CT molecular complexity index is 307. The van der Waals surface area contributed by atoms with Crippen LogP contribution in [0.25, 0.3) is 0 Å². The Morgan fingerprint density at radius 1 is 0.586 bits per heavy atom.